The van der Waals surface area contributed by atoms with Gasteiger partial charge in [0.25, 0.3) is 5.91 Å². The van der Waals surface area contributed by atoms with Crippen molar-refractivity contribution in [2.45, 2.75) is 25.9 Å². The molecule has 0 aromatic heterocycles. The molecule has 1 rings (SSSR count). The Morgan fingerprint density at radius 2 is 2.21 bits per heavy atom. The Labute approximate surface area is 120 Å². The molecule has 5 nitrogen and oxygen atoms in total. The van der Waals surface area contributed by atoms with Gasteiger partial charge in [-0.3, -0.25) is 9.59 Å². The van der Waals surface area contributed by atoms with Gasteiger partial charge in [0, 0.05) is 17.4 Å². The van der Waals surface area contributed by atoms with Crippen LogP contribution in [0.4, 0.5) is 0 Å². The maximum Gasteiger partial charge on any atom is 0.303 e. The van der Waals surface area contributed by atoms with Crippen LogP contribution in [0.3, 0.4) is 0 Å². The Balaban J connectivity index is 2.34. The van der Waals surface area contributed by atoms with Crippen LogP contribution in [0.15, 0.2) is 28.7 Å². The zero-order chi connectivity index (χ0) is 14.3. The zero-order valence-electron chi connectivity index (χ0n) is 10.6. The van der Waals surface area contributed by atoms with Crippen LogP contribution >= 0.6 is 15.9 Å². The number of carboxylic acids is 1. The molecule has 1 aromatic rings. The van der Waals surface area contributed by atoms with Crippen molar-refractivity contribution in [1.29, 1.82) is 0 Å². The summed E-state index contributed by atoms with van der Waals surface area (Å²) in [5, 5.41) is 11.1. The number of nitrogens with one attached hydrogen (secondary N) is 1. The third kappa shape index (κ3) is 6.24. The van der Waals surface area contributed by atoms with E-state index in [1.54, 1.807) is 19.1 Å². The van der Waals surface area contributed by atoms with Gasteiger partial charge in [-0.1, -0.05) is 22.0 Å². The molecule has 0 spiro atoms. The van der Waals surface area contributed by atoms with E-state index in [9.17, 15) is 9.59 Å². The van der Waals surface area contributed by atoms with E-state index in [1.165, 1.54) is 0 Å². The lowest BCUT2D eigenvalue weighted by Gasteiger charge is -2.14. The lowest BCUT2D eigenvalue weighted by Crippen LogP contribution is -2.36. The van der Waals surface area contributed by atoms with Crippen molar-refractivity contribution in [2.75, 3.05) is 6.54 Å². The number of amides is 1. The summed E-state index contributed by atoms with van der Waals surface area (Å²) >= 11 is 3.32. The SMILES string of the molecule is CC(Oc1cccc(Br)c1)C(=O)NCCCC(=O)O. The van der Waals surface area contributed by atoms with E-state index < -0.39 is 12.1 Å². The van der Waals surface area contributed by atoms with Crippen LogP contribution in [0.1, 0.15) is 19.8 Å². The van der Waals surface area contributed by atoms with Crippen LogP contribution < -0.4 is 10.1 Å². The molecular weight excluding hydrogens is 314 g/mol. The average molecular weight is 330 g/mol. The summed E-state index contributed by atoms with van der Waals surface area (Å²) in [6.45, 7) is 1.98. The Bertz CT molecular complexity index is 450. The highest BCUT2D eigenvalue weighted by molar-refractivity contribution is 9.10. The predicted octanol–water partition coefficient (Wildman–Crippen LogP) is 2.20. The van der Waals surface area contributed by atoms with Gasteiger partial charge >= 0.3 is 5.97 Å². The summed E-state index contributed by atoms with van der Waals surface area (Å²) in [5.41, 5.74) is 0. The van der Waals surface area contributed by atoms with Crippen LogP contribution in [0.25, 0.3) is 0 Å². The largest absolute Gasteiger partial charge is 0.481 e. The molecule has 0 fully saturated rings. The summed E-state index contributed by atoms with van der Waals surface area (Å²) in [6.07, 6.45) is -0.176. The highest BCUT2D eigenvalue weighted by atomic mass is 79.9. The lowest BCUT2D eigenvalue weighted by molar-refractivity contribution is -0.137. The smallest absolute Gasteiger partial charge is 0.303 e. The quantitative estimate of drug-likeness (QED) is 0.752. The summed E-state index contributed by atoms with van der Waals surface area (Å²) in [5.74, 6) is -0.527. The van der Waals surface area contributed by atoms with Gasteiger partial charge in [0.15, 0.2) is 6.10 Å². The van der Waals surface area contributed by atoms with Crippen LogP contribution in [0.2, 0.25) is 0 Å². The summed E-state index contributed by atoms with van der Waals surface area (Å²) in [6, 6.07) is 7.22. The number of benzene rings is 1. The molecule has 1 amide bonds. The van der Waals surface area contributed by atoms with Crippen molar-refractivity contribution in [2.24, 2.45) is 0 Å². The fourth-order valence-corrected chi connectivity index (χ4v) is 1.77. The summed E-state index contributed by atoms with van der Waals surface area (Å²) in [7, 11) is 0. The molecule has 0 heterocycles. The molecule has 19 heavy (non-hydrogen) atoms. The molecule has 1 aromatic carbocycles. The first-order valence-electron chi connectivity index (χ1n) is 5.91. The molecule has 1 unspecified atom stereocenters. The highest BCUT2D eigenvalue weighted by Gasteiger charge is 2.14. The van der Waals surface area contributed by atoms with Crippen molar-refractivity contribution in [3.05, 3.63) is 28.7 Å². The number of carbonyl (C=O) groups excluding carboxylic acids is 1. The van der Waals surface area contributed by atoms with E-state index in [4.69, 9.17) is 9.84 Å². The van der Waals surface area contributed by atoms with Crippen LogP contribution in [-0.4, -0.2) is 29.6 Å². The first-order chi connectivity index (χ1) is 8.99. The standard InChI is InChI=1S/C13H16BrNO4/c1-9(13(18)15-7-3-6-12(16)17)19-11-5-2-4-10(14)8-11/h2,4-5,8-9H,3,6-7H2,1H3,(H,15,18)(H,16,17). The average Bonchev–Trinajstić information content (AvgIpc) is 2.34. The van der Waals surface area contributed by atoms with Gasteiger partial charge in [-0.2, -0.15) is 0 Å². The number of carboxylic acid groups (broad SMARTS) is 1. The van der Waals surface area contributed by atoms with Crippen LogP contribution in [0.5, 0.6) is 5.75 Å². The number of ether oxygens (including phenoxy) is 1. The fraction of sp³-hybridized carbons (Fsp3) is 0.385. The highest BCUT2D eigenvalue weighted by Crippen LogP contribution is 2.18. The van der Waals surface area contributed by atoms with Gasteiger partial charge in [0.05, 0.1) is 0 Å². The second-order valence-corrected chi connectivity index (χ2v) is 4.92. The third-order valence-corrected chi connectivity index (χ3v) is 2.84. The monoisotopic (exact) mass is 329 g/mol. The topological polar surface area (TPSA) is 75.6 Å². The van der Waals surface area contributed by atoms with Crippen molar-refractivity contribution in [3.8, 4) is 5.75 Å². The third-order valence-electron chi connectivity index (χ3n) is 2.34. The minimum Gasteiger partial charge on any atom is -0.481 e. The Morgan fingerprint density at radius 1 is 1.47 bits per heavy atom. The van der Waals surface area contributed by atoms with Gasteiger partial charge in [0.1, 0.15) is 5.75 Å². The van der Waals surface area contributed by atoms with E-state index in [1.807, 2.05) is 12.1 Å². The molecule has 0 bridgehead atoms. The first-order valence-corrected chi connectivity index (χ1v) is 6.70. The summed E-state index contributed by atoms with van der Waals surface area (Å²) in [4.78, 5) is 22.0. The van der Waals surface area contributed by atoms with Gasteiger partial charge in [-0.25, -0.2) is 0 Å². The van der Waals surface area contributed by atoms with Gasteiger partial charge in [-0.05, 0) is 31.5 Å². The minimum absolute atomic E-state index is 0.0428. The molecule has 6 heteroatoms. The molecular formula is C13H16BrNO4. The molecule has 2 N–H and O–H groups in total. The second kappa shape index (κ2) is 7.78. The Morgan fingerprint density at radius 3 is 2.84 bits per heavy atom. The minimum atomic E-state index is -0.868. The van der Waals surface area contributed by atoms with E-state index >= 15 is 0 Å². The lowest BCUT2D eigenvalue weighted by atomic mass is 10.3. The molecule has 0 aliphatic rings. The number of halogens is 1. The molecule has 1 atom stereocenters. The van der Waals surface area contributed by atoms with Crippen molar-refractivity contribution in [1.82, 2.24) is 5.32 Å². The Kier molecular flexibility index (Phi) is 6.35. The number of aliphatic carboxylic acids is 1. The maximum absolute atomic E-state index is 11.7. The fourth-order valence-electron chi connectivity index (χ4n) is 1.39. The first kappa shape index (κ1) is 15.5. The van der Waals surface area contributed by atoms with E-state index in [0.29, 0.717) is 18.7 Å². The molecule has 0 saturated heterocycles. The second-order valence-electron chi connectivity index (χ2n) is 4.01. The van der Waals surface area contributed by atoms with E-state index in [2.05, 4.69) is 21.2 Å². The maximum atomic E-state index is 11.7. The molecule has 0 saturated carbocycles. The van der Waals surface area contributed by atoms with E-state index in [0.717, 1.165) is 4.47 Å². The van der Waals surface area contributed by atoms with Crippen LogP contribution in [-0.2, 0) is 9.59 Å². The molecule has 0 aliphatic heterocycles. The molecule has 0 aliphatic carbocycles. The predicted molar refractivity (Wildman–Crippen MR) is 74.1 cm³/mol. The zero-order valence-corrected chi connectivity index (χ0v) is 12.1. The summed E-state index contributed by atoms with van der Waals surface area (Å²) < 4.78 is 6.35. The number of rotatable bonds is 7. The normalized spacial score (nSPS) is 11.7. The van der Waals surface area contributed by atoms with Crippen molar-refractivity contribution >= 4 is 27.8 Å². The van der Waals surface area contributed by atoms with E-state index in [-0.39, 0.29) is 12.3 Å². The van der Waals surface area contributed by atoms with Gasteiger partial charge in [0.2, 0.25) is 0 Å². The molecule has 104 valence electrons. The Hall–Kier alpha value is -1.56. The number of hydrogen-bond donors (Lipinski definition) is 2. The molecule has 0 radical (unpaired) electrons. The van der Waals surface area contributed by atoms with Crippen molar-refractivity contribution < 1.29 is 19.4 Å². The number of hydrogen-bond acceptors (Lipinski definition) is 3. The van der Waals surface area contributed by atoms with Gasteiger partial charge < -0.3 is 15.2 Å². The van der Waals surface area contributed by atoms with Crippen molar-refractivity contribution in [3.63, 3.8) is 0 Å². The van der Waals surface area contributed by atoms with Crippen LogP contribution in [0, 0.1) is 0 Å². The van der Waals surface area contributed by atoms with Gasteiger partial charge in [-0.15, -0.1) is 0 Å². The number of carbonyl (C=O) groups is 2.